The molecule has 0 saturated carbocycles. The number of nitrogens with one attached hydrogen (secondary N) is 4. The summed E-state index contributed by atoms with van der Waals surface area (Å²) >= 11 is 12.1. The van der Waals surface area contributed by atoms with Crippen LogP contribution in [0.3, 0.4) is 0 Å². The normalized spacial score (nSPS) is 16.4. The molecule has 1 aliphatic heterocycles. The van der Waals surface area contributed by atoms with Crippen LogP contribution in [0.15, 0.2) is 58.5 Å². The first-order chi connectivity index (χ1) is 16.5. The SMILES string of the molecule is N=S1CCCCNc2nc(ncc2C#CCNS(=O)c2cccc(Cl)c2Cl)Nc2cccc1c2. The van der Waals surface area contributed by atoms with Gasteiger partial charge in [-0.1, -0.05) is 57.9 Å². The average molecular weight is 534 g/mol. The first-order valence-corrected chi connectivity index (χ1v) is 13.8. The smallest absolute Gasteiger partial charge is 0.229 e. The summed E-state index contributed by atoms with van der Waals surface area (Å²) < 4.78 is 23.7. The highest BCUT2D eigenvalue weighted by atomic mass is 35.5. The minimum absolute atomic E-state index is 0.174. The van der Waals surface area contributed by atoms with Crippen LogP contribution in [0.1, 0.15) is 18.4 Å². The molecule has 176 valence electrons. The van der Waals surface area contributed by atoms with Crippen molar-refractivity contribution in [3.63, 3.8) is 0 Å². The van der Waals surface area contributed by atoms with Crippen LogP contribution in [0, 0.1) is 16.6 Å². The maximum atomic E-state index is 12.5. The molecule has 2 heterocycles. The van der Waals surface area contributed by atoms with Gasteiger partial charge in [0, 0.05) is 22.9 Å². The summed E-state index contributed by atoms with van der Waals surface area (Å²) in [6, 6.07) is 12.8. The quantitative estimate of drug-likeness (QED) is 0.350. The molecule has 0 radical (unpaired) electrons. The van der Waals surface area contributed by atoms with Crippen LogP contribution in [0.5, 0.6) is 0 Å². The average Bonchev–Trinajstić information content (AvgIpc) is 2.84. The van der Waals surface area contributed by atoms with Crippen LogP contribution in [0.2, 0.25) is 10.0 Å². The van der Waals surface area contributed by atoms with E-state index in [2.05, 4.69) is 37.2 Å². The molecule has 4 N–H and O–H groups in total. The lowest BCUT2D eigenvalue weighted by Crippen LogP contribution is -2.17. The standard InChI is InChI=1S/C23H22Cl2N6OS2/c24-19-9-4-10-20(21(19)25)34(32)29-12-5-6-16-15-28-23-30-17-7-3-8-18(14-17)33(26)13-2-1-11-27-22(16)31-23/h3-4,7-10,14-15,26,29H,1-2,11-13H2,(H2,27,28,30,31). The van der Waals surface area contributed by atoms with Gasteiger partial charge >= 0.3 is 0 Å². The molecule has 4 rings (SSSR count). The highest BCUT2D eigenvalue weighted by Crippen LogP contribution is 2.27. The number of anilines is 3. The molecule has 1 aromatic heterocycles. The number of nitrogens with zero attached hydrogens (tertiary/aromatic N) is 2. The third-order valence-electron chi connectivity index (χ3n) is 4.86. The first-order valence-electron chi connectivity index (χ1n) is 10.5. The Labute approximate surface area is 213 Å². The molecule has 11 heteroatoms. The zero-order chi connectivity index (χ0) is 23.9. The second kappa shape index (κ2) is 11.8. The topological polar surface area (TPSA) is 103 Å². The highest BCUT2D eigenvalue weighted by molar-refractivity contribution is 7.86. The van der Waals surface area contributed by atoms with E-state index in [1.165, 1.54) is 0 Å². The van der Waals surface area contributed by atoms with Gasteiger partial charge in [-0.3, -0.25) is 4.78 Å². The Balaban J connectivity index is 1.49. The fraction of sp³-hybridized carbons (Fsp3) is 0.217. The van der Waals surface area contributed by atoms with Gasteiger partial charge in [-0.2, -0.15) is 4.98 Å². The van der Waals surface area contributed by atoms with Gasteiger partial charge in [0.2, 0.25) is 5.95 Å². The molecule has 0 spiro atoms. The second-order valence-electron chi connectivity index (χ2n) is 7.28. The van der Waals surface area contributed by atoms with Gasteiger partial charge in [0.05, 0.1) is 33.2 Å². The van der Waals surface area contributed by atoms with Crippen molar-refractivity contribution in [3.05, 3.63) is 64.3 Å². The monoisotopic (exact) mass is 532 g/mol. The molecule has 0 saturated heterocycles. The van der Waals surface area contributed by atoms with E-state index in [0.29, 0.717) is 27.2 Å². The van der Waals surface area contributed by atoms with Crippen LogP contribution in [-0.2, 0) is 21.7 Å². The number of halogens is 2. The molecule has 0 amide bonds. The van der Waals surface area contributed by atoms with E-state index in [-0.39, 0.29) is 11.6 Å². The molecular weight excluding hydrogens is 511 g/mol. The molecule has 2 aromatic carbocycles. The van der Waals surface area contributed by atoms with Crippen LogP contribution >= 0.6 is 23.2 Å². The number of benzene rings is 2. The number of hydrogen-bond donors (Lipinski definition) is 4. The minimum Gasteiger partial charge on any atom is -0.369 e. The van der Waals surface area contributed by atoms with Gasteiger partial charge in [0.25, 0.3) is 0 Å². The Morgan fingerprint density at radius 2 is 2.06 bits per heavy atom. The van der Waals surface area contributed by atoms with E-state index in [1.807, 2.05) is 24.3 Å². The summed E-state index contributed by atoms with van der Waals surface area (Å²) in [6.07, 6.45) is 3.52. The third-order valence-corrected chi connectivity index (χ3v) is 8.46. The van der Waals surface area contributed by atoms with Crippen molar-refractivity contribution in [2.75, 3.05) is 29.5 Å². The Hall–Kier alpha value is -2.48. The lowest BCUT2D eigenvalue weighted by atomic mass is 10.3. The van der Waals surface area contributed by atoms with Crippen LogP contribution in [0.25, 0.3) is 0 Å². The van der Waals surface area contributed by atoms with Crippen molar-refractivity contribution in [2.45, 2.75) is 22.6 Å². The van der Waals surface area contributed by atoms with E-state index in [1.54, 1.807) is 24.4 Å². The summed E-state index contributed by atoms with van der Waals surface area (Å²) in [5.41, 5.74) is 1.49. The van der Waals surface area contributed by atoms with Crippen LogP contribution < -0.4 is 15.4 Å². The van der Waals surface area contributed by atoms with Gasteiger partial charge in [0.15, 0.2) is 0 Å². The Morgan fingerprint density at radius 1 is 1.21 bits per heavy atom. The zero-order valence-corrected chi connectivity index (χ0v) is 21.2. The Kier molecular flexibility index (Phi) is 8.53. The van der Waals surface area contributed by atoms with Crippen LogP contribution in [-0.4, -0.2) is 33.0 Å². The number of fused-ring (bicyclic) bond motifs is 4. The largest absolute Gasteiger partial charge is 0.369 e. The molecule has 0 fully saturated rings. The number of hydrogen-bond acceptors (Lipinski definition) is 6. The summed E-state index contributed by atoms with van der Waals surface area (Å²) in [4.78, 5) is 10.4. The molecule has 2 atom stereocenters. The molecule has 34 heavy (non-hydrogen) atoms. The van der Waals surface area contributed by atoms with Crippen molar-refractivity contribution >= 4 is 62.3 Å². The predicted octanol–water partition coefficient (Wildman–Crippen LogP) is 5.14. The molecule has 1 aliphatic rings. The fourth-order valence-corrected chi connectivity index (χ4v) is 5.81. The maximum absolute atomic E-state index is 12.5. The first kappa shape index (κ1) is 24.6. The van der Waals surface area contributed by atoms with E-state index in [9.17, 15) is 4.21 Å². The molecule has 7 nitrogen and oxygen atoms in total. The summed E-state index contributed by atoms with van der Waals surface area (Å²) in [5, 5.41) is 7.17. The van der Waals surface area contributed by atoms with Crippen molar-refractivity contribution in [1.29, 1.82) is 4.78 Å². The summed E-state index contributed by atoms with van der Waals surface area (Å²) in [7, 11) is -2.09. The third kappa shape index (κ3) is 6.34. The van der Waals surface area contributed by atoms with Gasteiger partial charge in [-0.15, -0.1) is 0 Å². The van der Waals surface area contributed by atoms with E-state index < -0.39 is 21.7 Å². The van der Waals surface area contributed by atoms with E-state index in [4.69, 9.17) is 28.0 Å². The lowest BCUT2D eigenvalue weighted by Gasteiger charge is -2.10. The van der Waals surface area contributed by atoms with Gasteiger partial charge in [-0.05, 0) is 43.2 Å². The fourth-order valence-electron chi connectivity index (χ4n) is 3.17. The predicted molar refractivity (Wildman–Crippen MR) is 140 cm³/mol. The van der Waals surface area contributed by atoms with E-state index in [0.717, 1.165) is 35.7 Å². The molecular formula is C23H22Cl2N6OS2. The Morgan fingerprint density at radius 3 is 2.94 bits per heavy atom. The summed E-state index contributed by atoms with van der Waals surface area (Å²) in [6.45, 7) is 0.892. The highest BCUT2D eigenvalue weighted by Gasteiger charge is 2.11. The van der Waals surface area contributed by atoms with Gasteiger partial charge in [0.1, 0.15) is 16.8 Å². The van der Waals surface area contributed by atoms with Crippen LogP contribution in [0.4, 0.5) is 17.5 Å². The molecule has 3 aromatic rings. The number of rotatable bonds is 3. The van der Waals surface area contributed by atoms with Crippen molar-refractivity contribution in [2.24, 2.45) is 0 Å². The lowest BCUT2D eigenvalue weighted by molar-refractivity contribution is 0.676. The van der Waals surface area contributed by atoms with Crippen molar-refractivity contribution in [3.8, 4) is 11.8 Å². The number of aromatic nitrogens is 2. The maximum Gasteiger partial charge on any atom is 0.229 e. The van der Waals surface area contributed by atoms with Crippen molar-refractivity contribution in [1.82, 2.24) is 14.7 Å². The van der Waals surface area contributed by atoms with E-state index >= 15 is 0 Å². The molecule has 4 bridgehead atoms. The Bertz CT molecular complexity index is 1310. The summed E-state index contributed by atoms with van der Waals surface area (Å²) in [5.74, 6) is 7.91. The minimum atomic E-state index is -1.54. The van der Waals surface area contributed by atoms with Gasteiger partial charge in [-0.25, -0.2) is 13.9 Å². The second-order valence-corrected chi connectivity index (χ2v) is 11.0. The zero-order valence-electron chi connectivity index (χ0n) is 18.0. The van der Waals surface area contributed by atoms with Gasteiger partial charge < -0.3 is 10.6 Å². The molecule has 2 unspecified atom stereocenters. The molecule has 0 aliphatic carbocycles. The van der Waals surface area contributed by atoms with Crippen molar-refractivity contribution < 1.29 is 4.21 Å².